The Bertz CT molecular complexity index is 671. The third kappa shape index (κ3) is 3.13. The molecule has 0 fully saturated rings. The van der Waals surface area contributed by atoms with Gasteiger partial charge in [0.05, 0.1) is 5.02 Å². The number of carbonyl (C=O) groups excluding carboxylic acids is 2. The number of primary amides is 1. The van der Waals surface area contributed by atoms with Gasteiger partial charge in [-0.3, -0.25) is 9.59 Å². The van der Waals surface area contributed by atoms with Gasteiger partial charge in [-0.25, -0.2) is 4.39 Å². The fourth-order valence-electron chi connectivity index (χ4n) is 1.56. The first kappa shape index (κ1) is 14.0. The number of hydrogen-bond donors (Lipinski definition) is 2. The van der Waals surface area contributed by atoms with Gasteiger partial charge >= 0.3 is 0 Å². The Labute approximate surface area is 119 Å². The Hall–Kier alpha value is -2.40. The molecule has 0 radical (unpaired) electrons. The fourth-order valence-corrected chi connectivity index (χ4v) is 1.74. The molecule has 6 heteroatoms. The molecule has 2 amide bonds. The maximum atomic E-state index is 13.0. The smallest absolute Gasteiger partial charge is 0.255 e. The molecular weight excluding hydrogens is 283 g/mol. The highest BCUT2D eigenvalue weighted by atomic mass is 35.5. The summed E-state index contributed by atoms with van der Waals surface area (Å²) < 4.78 is 13.0. The van der Waals surface area contributed by atoms with Gasteiger partial charge in [0.1, 0.15) is 5.82 Å². The molecule has 3 N–H and O–H groups in total. The minimum atomic E-state index is -0.589. The fraction of sp³-hybridized carbons (Fsp3) is 0. The molecule has 0 aliphatic heterocycles. The van der Waals surface area contributed by atoms with Crippen molar-refractivity contribution in [2.75, 3.05) is 5.32 Å². The minimum Gasteiger partial charge on any atom is -0.366 e. The summed E-state index contributed by atoms with van der Waals surface area (Å²) in [5.41, 5.74) is 6.17. The molecule has 0 spiro atoms. The van der Waals surface area contributed by atoms with Crippen molar-refractivity contribution in [3.63, 3.8) is 0 Å². The van der Waals surface area contributed by atoms with Gasteiger partial charge in [0.25, 0.3) is 5.91 Å². The zero-order valence-corrected chi connectivity index (χ0v) is 10.9. The highest BCUT2D eigenvalue weighted by Gasteiger charge is 2.09. The summed E-state index contributed by atoms with van der Waals surface area (Å²) in [6.07, 6.45) is 0. The third-order valence-electron chi connectivity index (χ3n) is 2.61. The number of nitrogens with one attached hydrogen (secondary N) is 1. The van der Waals surface area contributed by atoms with Crippen molar-refractivity contribution in [3.05, 3.63) is 64.4 Å². The SMILES string of the molecule is NC(=O)c1ccc(NC(=O)c2ccc(F)c(Cl)c2)cc1. The lowest BCUT2D eigenvalue weighted by atomic mass is 10.1. The van der Waals surface area contributed by atoms with E-state index in [2.05, 4.69) is 5.32 Å². The van der Waals surface area contributed by atoms with E-state index < -0.39 is 17.6 Å². The molecule has 20 heavy (non-hydrogen) atoms. The van der Waals surface area contributed by atoms with Crippen LogP contribution < -0.4 is 11.1 Å². The molecule has 0 aliphatic rings. The van der Waals surface area contributed by atoms with E-state index in [-0.39, 0.29) is 10.6 Å². The molecule has 0 heterocycles. The van der Waals surface area contributed by atoms with Gasteiger partial charge in [-0.05, 0) is 42.5 Å². The molecule has 2 aromatic carbocycles. The maximum absolute atomic E-state index is 13.0. The van der Waals surface area contributed by atoms with E-state index >= 15 is 0 Å². The monoisotopic (exact) mass is 292 g/mol. The van der Waals surface area contributed by atoms with E-state index in [1.54, 1.807) is 12.1 Å². The van der Waals surface area contributed by atoms with Crippen LogP contribution in [0.15, 0.2) is 42.5 Å². The van der Waals surface area contributed by atoms with E-state index in [1.165, 1.54) is 24.3 Å². The van der Waals surface area contributed by atoms with Crippen LogP contribution in [0.2, 0.25) is 5.02 Å². The molecular formula is C14H10ClFN2O2. The van der Waals surface area contributed by atoms with Crippen LogP contribution in [0.3, 0.4) is 0 Å². The van der Waals surface area contributed by atoms with Crippen LogP contribution >= 0.6 is 11.6 Å². The quantitative estimate of drug-likeness (QED) is 0.913. The van der Waals surface area contributed by atoms with Crippen LogP contribution in [-0.4, -0.2) is 11.8 Å². The number of halogens is 2. The summed E-state index contributed by atoms with van der Waals surface area (Å²) in [7, 11) is 0. The largest absolute Gasteiger partial charge is 0.366 e. The van der Waals surface area contributed by atoms with E-state index in [0.29, 0.717) is 11.3 Å². The molecule has 2 aromatic rings. The number of nitrogens with two attached hydrogens (primary N) is 1. The Morgan fingerprint density at radius 3 is 2.20 bits per heavy atom. The minimum absolute atomic E-state index is 0.123. The molecule has 0 unspecified atom stereocenters. The van der Waals surface area contributed by atoms with E-state index in [9.17, 15) is 14.0 Å². The van der Waals surface area contributed by atoms with Crippen LogP contribution in [0.4, 0.5) is 10.1 Å². The molecule has 4 nitrogen and oxygen atoms in total. The van der Waals surface area contributed by atoms with Crippen LogP contribution in [0.25, 0.3) is 0 Å². The Morgan fingerprint density at radius 2 is 1.65 bits per heavy atom. The lowest BCUT2D eigenvalue weighted by molar-refractivity contribution is 0.0998. The van der Waals surface area contributed by atoms with Gasteiger partial charge in [0, 0.05) is 16.8 Å². The van der Waals surface area contributed by atoms with Gasteiger partial charge in [0.15, 0.2) is 0 Å². The molecule has 0 atom stereocenters. The normalized spacial score (nSPS) is 10.1. The molecule has 0 aliphatic carbocycles. The number of hydrogen-bond acceptors (Lipinski definition) is 2. The Kier molecular flexibility index (Phi) is 4.00. The number of rotatable bonds is 3. The van der Waals surface area contributed by atoms with Crippen molar-refractivity contribution in [2.24, 2.45) is 5.73 Å². The first-order chi connectivity index (χ1) is 9.47. The highest BCUT2D eigenvalue weighted by molar-refractivity contribution is 6.31. The van der Waals surface area contributed by atoms with Crippen molar-refractivity contribution in [1.29, 1.82) is 0 Å². The molecule has 2 rings (SSSR count). The lowest BCUT2D eigenvalue weighted by Gasteiger charge is -2.06. The van der Waals surface area contributed by atoms with Crippen LogP contribution in [0.5, 0.6) is 0 Å². The number of anilines is 1. The van der Waals surface area contributed by atoms with Gasteiger partial charge in [-0.15, -0.1) is 0 Å². The first-order valence-electron chi connectivity index (χ1n) is 5.63. The van der Waals surface area contributed by atoms with Gasteiger partial charge in [-0.1, -0.05) is 11.6 Å². The molecule has 0 saturated carbocycles. The number of carbonyl (C=O) groups is 2. The van der Waals surface area contributed by atoms with Crippen LogP contribution in [0.1, 0.15) is 20.7 Å². The summed E-state index contributed by atoms with van der Waals surface area (Å²) in [6.45, 7) is 0. The summed E-state index contributed by atoms with van der Waals surface area (Å²) in [5.74, 6) is -1.57. The third-order valence-corrected chi connectivity index (χ3v) is 2.90. The van der Waals surface area contributed by atoms with Crippen molar-refractivity contribution >= 4 is 29.1 Å². The van der Waals surface area contributed by atoms with Crippen LogP contribution in [0, 0.1) is 5.82 Å². The topological polar surface area (TPSA) is 72.2 Å². The number of amides is 2. The maximum Gasteiger partial charge on any atom is 0.255 e. The second-order valence-corrected chi connectivity index (χ2v) is 4.43. The second kappa shape index (κ2) is 5.71. The van der Waals surface area contributed by atoms with Gasteiger partial charge in [-0.2, -0.15) is 0 Å². The summed E-state index contributed by atoms with van der Waals surface area (Å²) in [5, 5.41) is 2.48. The second-order valence-electron chi connectivity index (χ2n) is 4.02. The predicted octanol–water partition coefficient (Wildman–Crippen LogP) is 2.83. The average Bonchev–Trinajstić information content (AvgIpc) is 2.42. The van der Waals surface area contributed by atoms with Crippen molar-refractivity contribution in [1.82, 2.24) is 0 Å². The predicted molar refractivity (Wildman–Crippen MR) is 74.3 cm³/mol. The average molecular weight is 293 g/mol. The van der Waals surface area contributed by atoms with Crippen LogP contribution in [-0.2, 0) is 0 Å². The standard InChI is InChI=1S/C14H10ClFN2O2/c15-11-7-9(3-6-12(11)16)14(20)18-10-4-1-8(2-5-10)13(17)19/h1-7H,(H2,17,19)(H,18,20). The highest BCUT2D eigenvalue weighted by Crippen LogP contribution is 2.17. The zero-order valence-electron chi connectivity index (χ0n) is 10.2. The zero-order chi connectivity index (χ0) is 14.7. The van der Waals surface area contributed by atoms with Crippen molar-refractivity contribution < 1.29 is 14.0 Å². The molecule has 0 saturated heterocycles. The Morgan fingerprint density at radius 1 is 1.05 bits per heavy atom. The lowest BCUT2D eigenvalue weighted by Crippen LogP contribution is -2.13. The van der Waals surface area contributed by atoms with Crippen molar-refractivity contribution in [2.45, 2.75) is 0 Å². The van der Waals surface area contributed by atoms with Crippen molar-refractivity contribution in [3.8, 4) is 0 Å². The molecule has 0 aromatic heterocycles. The summed E-state index contributed by atoms with van der Waals surface area (Å²) in [4.78, 5) is 22.8. The van der Waals surface area contributed by atoms with E-state index in [0.717, 1.165) is 6.07 Å². The molecule has 102 valence electrons. The van der Waals surface area contributed by atoms with Gasteiger partial charge in [0.2, 0.25) is 5.91 Å². The Balaban J connectivity index is 2.14. The number of benzene rings is 2. The van der Waals surface area contributed by atoms with E-state index in [1.807, 2.05) is 0 Å². The first-order valence-corrected chi connectivity index (χ1v) is 6.01. The molecule has 0 bridgehead atoms. The van der Waals surface area contributed by atoms with Gasteiger partial charge < -0.3 is 11.1 Å². The van der Waals surface area contributed by atoms with E-state index in [4.69, 9.17) is 17.3 Å². The summed E-state index contributed by atoms with van der Waals surface area (Å²) >= 11 is 5.61. The summed E-state index contributed by atoms with van der Waals surface area (Å²) in [6, 6.07) is 9.77.